The lowest BCUT2D eigenvalue weighted by Gasteiger charge is -2.26. The lowest BCUT2D eigenvalue weighted by molar-refractivity contribution is -0.0796. The van der Waals surface area contributed by atoms with Gasteiger partial charge in [0.1, 0.15) is 11.9 Å². The van der Waals surface area contributed by atoms with Gasteiger partial charge in [-0.3, -0.25) is 0 Å². The first-order valence-electron chi connectivity index (χ1n) is 4.35. The van der Waals surface area contributed by atoms with Crippen LogP contribution in [0.3, 0.4) is 0 Å². The van der Waals surface area contributed by atoms with Gasteiger partial charge in [0, 0.05) is 10.7 Å². The summed E-state index contributed by atoms with van der Waals surface area (Å²) in [7, 11) is 1.52. The molecule has 1 aliphatic heterocycles. The molecule has 2 rings (SSSR count). The molecular formula is C9H9ClO4S. The van der Waals surface area contributed by atoms with E-state index >= 15 is 0 Å². The number of halogens is 1. The van der Waals surface area contributed by atoms with Crippen LogP contribution in [0.5, 0.6) is 5.75 Å². The summed E-state index contributed by atoms with van der Waals surface area (Å²) in [5, 5.41) is 0. The van der Waals surface area contributed by atoms with Gasteiger partial charge in [0.15, 0.2) is 0 Å². The number of rotatable bonds is 3. The molecule has 0 saturated carbocycles. The third kappa shape index (κ3) is 2.62. The van der Waals surface area contributed by atoms with Crippen molar-refractivity contribution in [1.29, 1.82) is 0 Å². The second kappa shape index (κ2) is 4.00. The Bertz CT molecular complexity index is 436. The molecule has 1 aromatic carbocycles. The Balaban J connectivity index is 2.09. The van der Waals surface area contributed by atoms with E-state index < -0.39 is 9.05 Å². The Labute approximate surface area is 92.2 Å². The number of ether oxygens (including phenoxy) is 2. The first-order chi connectivity index (χ1) is 7.05. The Morgan fingerprint density at radius 1 is 1.27 bits per heavy atom. The van der Waals surface area contributed by atoms with Crippen molar-refractivity contribution < 1.29 is 17.9 Å². The van der Waals surface area contributed by atoms with E-state index in [4.69, 9.17) is 20.2 Å². The molecule has 6 heteroatoms. The van der Waals surface area contributed by atoms with Crippen LogP contribution in [-0.4, -0.2) is 27.7 Å². The second-order valence-corrected chi connectivity index (χ2v) is 5.75. The number of benzene rings is 1. The number of hydrogen-bond donors (Lipinski definition) is 0. The molecule has 1 heterocycles. The quantitative estimate of drug-likeness (QED) is 0.759. The molecule has 0 amide bonds. The zero-order chi connectivity index (χ0) is 10.9. The molecule has 15 heavy (non-hydrogen) atoms. The molecule has 0 atom stereocenters. The first kappa shape index (κ1) is 10.7. The molecule has 1 aromatic rings. The summed E-state index contributed by atoms with van der Waals surface area (Å²) < 4.78 is 32.3. The van der Waals surface area contributed by atoms with Gasteiger partial charge >= 0.3 is 0 Å². The van der Waals surface area contributed by atoms with Gasteiger partial charge in [-0.1, -0.05) is 0 Å². The van der Waals surface area contributed by atoms with Gasteiger partial charge in [-0.15, -0.1) is 0 Å². The van der Waals surface area contributed by atoms with E-state index in [0.717, 1.165) is 0 Å². The van der Waals surface area contributed by atoms with Gasteiger partial charge in [0.05, 0.1) is 18.1 Å². The van der Waals surface area contributed by atoms with E-state index in [9.17, 15) is 8.42 Å². The van der Waals surface area contributed by atoms with Crippen molar-refractivity contribution in [3.63, 3.8) is 0 Å². The maximum Gasteiger partial charge on any atom is 0.261 e. The SMILES string of the molecule is O=S(=O)(Cl)c1ccc(OC2COC2)cc1. The molecule has 0 aromatic heterocycles. The summed E-state index contributed by atoms with van der Waals surface area (Å²) in [5.41, 5.74) is 0. The highest BCUT2D eigenvalue weighted by Gasteiger charge is 2.20. The largest absolute Gasteiger partial charge is 0.486 e. The molecule has 1 saturated heterocycles. The van der Waals surface area contributed by atoms with Crippen molar-refractivity contribution in [2.75, 3.05) is 13.2 Å². The van der Waals surface area contributed by atoms with Crippen LogP contribution in [0.1, 0.15) is 0 Å². The van der Waals surface area contributed by atoms with Crippen molar-refractivity contribution in [1.82, 2.24) is 0 Å². The van der Waals surface area contributed by atoms with E-state index in [1.54, 1.807) is 12.1 Å². The van der Waals surface area contributed by atoms with Crippen molar-refractivity contribution in [3.05, 3.63) is 24.3 Å². The predicted octanol–water partition coefficient (Wildman–Crippen LogP) is 1.39. The molecule has 4 nitrogen and oxygen atoms in total. The van der Waals surface area contributed by atoms with Crippen LogP contribution in [0, 0.1) is 0 Å². The van der Waals surface area contributed by atoms with Crippen LogP contribution in [-0.2, 0) is 13.8 Å². The minimum absolute atomic E-state index is 0.0707. The molecule has 0 aliphatic carbocycles. The summed E-state index contributed by atoms with van der Waals surface area (Å²) in [4.78, 5) is 0.0707. The molecule has 82 valence electrons. The molecule has 1 fully saturated rings. The van der Waals surface area contributed by atoms with Crippen LogP contribution in [0.4, 0.5) is 0 Å². The third-order valence-corrected chi connectivity index (χ3v) is 3.39. The van der Waals surface area contributed by atoms with E-state index in [0.29, 0.717) is 19.0 Å². The van der Waals surface area contributed by atoms with Crippen molar-refractivity contribution >= 4 is 19.7 Å². The minimum atomic E-state index is -3.65. The van der Waals surface area contributed by atoms with Crippen molar-refractivity contribution in [2.24, 2.45) is 0 Å². The van der Waals surface area contributed by atoms with E-state index in [-0.39, 0.29) is 11.0 Å². The molecule has 0 radical (unpaired) electrons. The van der Waals surface area contributed by atoms with Crippen molar-refractivity contribution in [2.45, 2.75) is 11.0 Å². The summed E-state index contributed by atoms with van der Waals surface area (Å²) in [5.74, 6) is 0.618. The van der Waals surface area contributed by atoms with Crippen LogP contribution in [0.25, 0.3) is 0 Å². The van der Waals surface area contributed by atoms with Crippen LogP contribution in [0.15, 0.2) is 29.2 Å². The summed E-state index contributed by atoms with van der Waals surface area (Å²) >= 11 is 0. The summed E-state index contributed by atoms with van der Waals surface area (Å²) in [6, 6.07) is 5.98. The maximum absolute atomic E-state index is 10.9. The third-order valence-electron chi connectivity index (χ3n) is 2.02. The van der Waals surface area contributed by atoms with E-state index in [1.807, 2.05) is 0 Å². The highest BCUT2D eigenvalue weighted by molar-refractivity contribution is 8.13. The van der Waals surface area contributed by atoms with Crippen LogP contribution in [0.2, 0.25) is 0 Å². The Kier molecular flexibility index (Phi) is 2.86. The Hall–Kier alpha value is -0.780. The van der Waals surface area contributed by atoms with Gasteiger partial charge in [-0.2, -0.15) is 0 Å². The highest BCUT2D eigenvalue weighted by Crippen LogP contribution is 2.21. The second-order valence-electron chi connectivity index (χ2n) is 3.19. The molecule has 0 spiro atoms. The van der Waals surface area contributed by atoms with E-state index in [2.05, 4.69) is 0 Å². The minimum Gasteiger partial charge on any atom is -0.486 e. The Morgan fingerprint density at radius 3 is 2.27 bits per heavy atom. The molecule has 0 unspecified atom stereocenters. The average molecular weight is 249 g/mol. The van der Waals surface area contributed by atoms with Gasteiger partial charge in [0.2, 0.25) is 0 Å². The highest BCUT2D eigenvalue weighted by atomic mass is 35.7. The normalized spacial score (nSPS) is 17.1. The van der Waals surface area contributed by atoms with Gasteiger partial charge in [-0.25, -0.2) is 8.42 Å². The van der Waals surface area contributed by atoms with E-state index in [1.165, 1.54) is 12.1 Å². The summed E-state index contributed by atoms with van der Waals surface area (Å²) in [6.07, 6.45) is 0.0726. The monoisotopic (exact) mass is 248 g/mol. The average Bonchev–Trinajstić information content (AvgIpc) is 2.11. The maximum atomic E-state index is 10.9. The van der Waals surface area contributed by atoms with Crippen LogP contribution >= 0.6 is 10.7 Å². The fourth-order valence-corrected chi connectivity index (χ4v) is 1.93. The van der Waals surface area contributed by atoms with Gasteiger partial charge in [-0.05, 0) is 24.3 Å². The zero-order valence-corrected chi connectivity index (χ0v) is 9.29. The Morgan fingerprint density at radius 2 is 1.87 bits per heavy atom. The fourth-order valence-electron chi connectivity index (χ4n) is 1.16. The first-order valence-corrected chi connectivity index (χ1v) is 6.66. The lowest BCUT2D eigenvalue weighted by Crippen LogP contribution is -2.38. The van der Waals surface area contributed by atoms with Crippen LogP contribution < -0.4 is 4.74 Å². The smallest absolute Gasteiger partial charge is 0.261 e. The summed E-state index contributed by atoms with van der Waals surface area (Å²) in [6.45, 7) is 1.16. The lowest BCUT2D eigenvalue weighted by atomic mass is 10.3. The molecule has 0 N–H and O–H groups in total. The molecule has 1 aliphatic rings. The number of hydrogen-bond acceptors (Lipinski definition) is 4. The molecule has 0 bridgehead atoms. The molecular weight excluding hydrogens is 240 g/mol. The predicted molar refractivity (Wildman–Crippen MR) is 54.7 cm³/mol. The zero-order valence-electron chi connectivity index (χ0n) is 7.72. The van der Waals surface area contributed by atoms with Gasteiger partial charge in [0.25, 0.3) is 9.05 Å². The standard InChI is InChI=1S/C9H9ClO4S/c10-15(11,12)9-3-1-7(2-4-9)14-8-5-13-6-8/h1-4,8H,5-6H2. The van der Waals surface area contributed by atoms with Gasteiger partial charge < -0.3 is 9.47 Å². The fraction of sp³-hybridized carbons (Fsp3) is 0.333. The topological polar surface area (TPSA) is 52.6 Å². The van der Waals surface area contributed by atoms with Crippen molar-refractivity contribution in [3.8, 4) is 5.75 Å².